The van der Waals surface area contributed by atoms with Crippen LogP contribution in [0.2, 0.25) is 0 Å². The molecule has 2 fully saturated rings. The largest absolute Gasteiger partial charge is 0.342 e. The Labute approximate surface area is 155 Å². The lowest BCUT2D eigenvalue weighted by molar-refractivity contribution is -0.137. The van der Waals surface area contributed by atoms with E-state index >= 15 is 0 Å². The molecule has 1 aliphatic heterocycles. The number of aromatic nitrogens is 3. The molecule has 5 nitrogen and oxygen atoms in total. The molecule has 0 N–H and O–H groups in total. The van der Waals surface area contributed by atoms with Gasteiger partial charge in [0.05, 0.1) is 0 Å². The first-order valence-electron chi connectivity index (χ1n) is 9.93. The van der Waals surface area contributed by atoms with Gasteiger partial charge in [0.1, 0.15) is 5.82 Å². The first-order chi connectivity index (χ1) is 12.7. The number of aryl methyl sites for hydroxylation is 1. The van der Waals surface area contributed by atoms with Crippen LogP contribution in [0.4, 0.5) is 0 Å². The highest BCUT2D eigenvalue weighted by molar-refractivity contribution is 5.79. The molecule has 1 amide bonds. The summed E-state index contributed by atoms with van der Waals surface area (Å²) in [6.07, 6.45) is 12.5. The van der Waals surface area contributed by atoms with E-state index < -0.39 is 0 Å². The number of hydrogen-bond donors (Lipinski definition) is 0. The van der Waals surface area contributed by atoms with Gasteiger partial charge >= 0.3 is 0 Å². The zero-order valence-corrected chi connectivity index (χ0v) is 15.6. The van der Waals surface area contributed by atoms with Crippen LogP contribution in [0.5, 0.6) is 0 Å². The quantitative estimate of drug-likeness (QED) is 0.843. The molecule has 1 saturated heterocycles. The van der Waals surface area contributed by atoms with Crippen molar-refractivity contribution >= 4 is 5.91 Å². The highest BCUT2D eigenvalue weighted by Crippen LogP contribution is 2.29. The molecule has 1 atom stereocenters. The van der Waals surface area contributed by atoms with Crippen LogP contribution >= 0.6 is 0 Å². The summed E-state index contributed by atoms with van der Waals surface area (Å²) in [6.45, 7) is 4.85. The van der Waals surface area contributed by atoms with Crippen LogP contribution in [0.15, 0.2) is 30.7 Å². The number of carbonyl (C=O) groups is 1. The van der Waals surface area contributed by atoms with Gasteiger partial charge < -0.3 is 9.47 Å². The molecule has 2 aliphatic rings. The lowest BCUT2D eigenvalue weighted by Crippen LogP contribution is -2.43. The molecule has 26 heavy (non-hydrogen) atoms. The molecule has 4 rings (SSSR count). The fourth-order valence-electron chi connectivity index (χ4n) is 4.52. The maximum absolute atomic E-state index is 12.8. The van der Waals surface area contributed by atoms with Crippen LogP contribution in [0.25, 0.3) is 11.4 Å². The lowest BCUT2D eigenvalue weighted by atomic mass is 9.95. The monoisotopic (exact) mass is 352 g/mol. The lowest BCUT2D eigenvalue weighted by Gasteiger charge is -2.35. The van der Waals surface area contributed by atoms with Gasteiger partial charge in [-0.15, -0.1) is 0 Å². The molecule has 1 unspecified atom stereocenters. The average molecular weight is 352 g/mol. The van der Waals surface area contributed by atoms with Crippen LogP contribution in [0.3, 0.4) is 0 Å². The van der Waals surface area contributed by atoms with Crippen LogP contribution in [-0.4, -0.2) is 38.4 Å². The molecule has 0 bridgehead atoms. The predicted molar refractivity (Wildman–Crippen MR) is 101 cm³/mol. The molecule has 0 radical (unpaired) electrons. The minimum absolute atomic E-state index is 0.287. The summed E-state index contributed by atoms with van der Waals surface area (Å²) in [6, 6.07) is 4.01. The van der Waals surface area contributed by atoms with Gasteiger partial charge in [0, 0.05) is 55.4 Å². The number of likely N-dealkylation sites (tertiary alicyclic amines) is 1. The highest BCUT2D eigenvalue weighted by atomic mass is 16.2. The van der Waals surface area contributed by atoms with Crippen molar-refractivity contribution in [2.24, 2.45) is 11.8 Å². The first-order valence-corrected chi connectivity index (χ1v) is 9.93. The Morgan fingerprint density at radius 2 is 2.04 bits per heavy atom. The van der Waals surface area contributed by atoms with E-state index in [1.165, 1.54) is 25.0 Å². The van der Waals surface area contributed by atoms with Gasteiger partial charge in [0.25, 0.3) is 0 Å². The Kier molecular flexibility index (Phi) is 5.05. The van der Waals surface area contributed by atoms with Crippen molar-refractivity contribution in [2.75, 3.05) is 13.1 Å². The summed E-state index contributed by atoms with van der Waals surface area (Å²) in [5.74, 6) is 2.17. The van der Waals surface area contributed by atoms with E-state index in [4.69, 9.17) is 0 Å². The number of imidazole rings is 1. The molecule has 0 aromatic carbocycles. The Morgan fingerprint density at radius 3 is 2.81 bits per heavy atom. The average Bonchev–Trinajstić information content (AvgIpc) is 3.33. The normalized spacial score (nSPS) is 21.3. The van der Waals surface area contributed by atoms with Gasteiger partial charge in [-0.3, -0.25) is 9.78 Å². The number of hydrogen-bond acceptors (Lipinski definition) is 3. The zero-order chi connectivity index (χ0) is 17.9. The Hall–Kier alpha value is -2.17. The van der Waals surface area contributed by atoms with E-state index in [0.717, 1.165) is 50.3 Å². The van der Waals surface area contributed by atoms with E-state index in [1.807, 2.05) is 18.5 Å². The summed E-state index contributed by atoms with van der Waals surface area (Å²) >= 11 is 0. The van der Waals surface area contributed by atoms with Gasteiger partial charge in [0.15, 0.2) is 0 Å². The molecule has 5 heteroatoms. The number of nitrogens with zero attached hydrogens (tertiary/aromatic N) is 4. The molecule has 0 spiro atoms. The minimum atomic E-state index is 0.287. The fraction of sp³-hybridized carbons (Fsp3) is 0.571. The Balaban J connectivity index is 1.47. The van der Waals surface area contributed by atoms with Crippen LogP contribution < -0.4 is 0 Å². The number of pyridine rings is 1. The van der Waals surface area contributed by atoms with Gasteiger partial charge in [-0.2, -0.15) is 0 Å². The number of piperidine rings is 1. The summed E-state index contributed by atoms with van der Waals surface area (Å²) in [5.41, 5.74) is 2.22. The number of amides is 1. The van der Waals surface area contributed by atoms with Crippen molar-refractivity contribution in [3.05, 3.63) is 36.4 Å². The van der Waals surface area contributed by atoms with E-state index in [1.54, 1.807) is 6.20 Å². The highest BCUT2D eigenvalue weighted by Gasteiger charge is 2.31. The first kappa shape index (κ1) is 17.3. The van der Waals surface area contributed by atoms with E-state index in [-0.39, 0.29) is 5.92 Å². The summed E-state index contributed by atoms with van der Waals surface area (Å²) in [4.78, 5) is 23.8. The Morgan fingerprint density at radius 1 is 1.19 bits per heavy atom. The van der Waals surface area contributed by atoms with Crippen molar-refractivity contribution in [3.63, 3.8) is 0 Å². The summed E-state index contributed by atoms with van der Waals surface area (Å²) in [5, 5.41) is 0. The Bertz CT molecular complexity index is 749. The number of carbonyl (C=O) groups excluding carboxylic acids is 1. The molecule has 1 aliphatic carbocycles. The van der Waals surface area contributed by atoms with Gasteiger partial charge in [-0.25, -0.2) is 4.98 Å². The van der Waals surface area contributed by atoms with E-state index in [9.17, 15) is 4.79 Å². The zero-order valence-electron chi connectivity index (χ0n) is 15.6. The van der Waals surface area contributed by atoms with Crippen molar-refractivity contribution in [3.8, 4) is 11.4 Å². The van der Waals surface area contributed by atoms with Gasteiger partial charge in [0.2, 0.25) is 5.91 Å². The SMILES string of the molecule is Cc1cnc(-c2cccnc2)n1CC1CCCN(C(=O)C2CCCC2)C1. The van der Waals surface area contributed by atoms with Crippen molar-refractivity contribution in [1.29, 1.82) is 0 Å². The molecule has 2 aromatic rings. The minimum Gasteiger partial charge on any atom is -0.342 e. The molecule has 2 aromatic heterocycles. The van der Waals surface area contributed by atoms with Crippen molar-refractivity contribution in [2.45, 2.75) is 52.0 Å². The second-order valence-electron chi connectivity index (χ2n) is 7.85. The topological polar surface area (TPSA) is 51.0 Å². The van der Waals surface area contributed by atoms with Gasteiger partial charge in [-0.05, 0) is 50.7 Å². The third-order valence-corrected chi connectivity index (χ3v) is 5.95. The van der Waals surface area contributed by atoms with E-state index in [0.29, 0.717) is 11.8 Å². The fourth-order valence-corrected chi connectivity index (χ4v) is 4.52. The summed E-state index contributed by atoms with van der Waals surface area (Å²) < 4.78 is 2.30. The van der Waals surface area contributed by atoms with Crippen molar-refractivity contribution < 1.29 is 4.79 Å². The molecule has 1 saturated carbocycles. The third kappa shape index (κ3) is 3.53. The standard InChI is InChI=1S/C21H28N4O/c1-16-12-23-20(19-9-4-10-22-13-19)25(16)15-17-6-5-11-24(14-17)21(26)18-7-2-3-8-18/h4,9-10,12-13,17-18H,2-3,5-8,11,14-15H2,1H3. The molecular weight excluding hydrogens is 324 g/mol. The number of rotatable bonds is 4. The van der Waals surface area contributed by atoms with Crippen LogP contribution in [0.1, 0.15) is 44.2 Å². The summed E-state index contributed by atoms with van der Waals surface area (Å²) in [7, 11) is 0. The third-order valence-electron chi connectivity index (χ3n) is 5.95. The predicted octanol–water partition coefficient (Wildman–Crippen LogP) is 3.68. The van der Waals surface area contributed by atoms with E-state index in [2.05, 4.69) is 32.4 Å². The van der Waals surface area contributed by atoms with Crippen molar-refractivity contribution in [1.82, 2.24) is 19.4 Å². The molecular formula is C21H28N4O. The second-order valence-corrected chi connectivity index (χ2v) is 7.85. The maximum atomic E-state index is 12.8. The molecule has 3 heterocycles. The second kappa shape index (κ2) is 7.60. The smallest absolute Gasteiger partial charge is 0.225 e. The maximum Gasteiger partial charge on any atom is 0.225 e. The van der Waals surface area contributed by atoms with Crippen LogP contribution in [0, 0.1) is 18.8 Å². The molecule has 138 valence electrons. The van der Waals surface area contributed by atoms with Crippen LogP contribution in [-0.2, 0) is 11.3 Å². The van der Waals surface area contributed by atoms with Gasteiger partial charge in [-0.1, -0.05) is 12.8 Å².